The van der Waals surface area contributed by atoms with Gasteiger partial charge in [0.25, 0.3) is 0 Å². The summed E-state index contributed by atoms with van der Waals surface area (Å²) >= 11 is 3.41. The molecule has 0 radical (unpaired) electrons. The summed E-state index contributed by atoms with van der Waals surface area (Å²) in [5, 5.41) is 10.3. The molecule has 1 heterocycles. The fraction of sp³-hybridized carbons (Fsp3) is 0.526. The molecule has 1 saturated heterocycles. The zero-order valence-electron chi connectivity index (χ0n) is 14.2. The molecule has 1 amide bonds. The van der Waals surface area contributed by atoms with Crippen molar-refractivity contribution in [3.63, 3.8) is 0 Å². The van der Waals surface area contributed by atoms with Gasteiger partial charge in [0.05, 0.1) is 5.60 Å². The number of benzene rings is 1. The number of ether oxygens (including phenoxy) is 1. The molecule has 5 heteroatoms. The molecular weight excluding hydrogens is 370 g/mol. The van der Waals surface area contributed by atoms with Gasteiger partial charge in [0.15, 0.2) is 0 Å². The predicted molar refractivity (Wildman–Crippen MR) is 97.3 cm³/mol. The Bertz CT molecular complexity index is 646. The van der Waals surface area contributed by atoms with Crippen molar-refractivity contribution in [2.75, 3.05) is 6.54 Å². The number of nitrogens with zero attached hydrogens (tertiary/aromatic N) is 1. The lowest BCUT2D eigenvalue weighted by Crippen LogP contribution is -2.52. The highest BCUT2D eigenvalue weighted by Crippen LogP contribution is 2.50. The molecule has 0 bridgehead atoms. The normalized spacial score (nSPS) is 24.7. The van der Waals surface area contributed by atoms with E-state index < -0.39 is 11.2 Å². The maximum absolute atomic E-state index is 12.7. The second-order valence-corrected chi connectivity index (χ2v) is 8.47. The largest absolute Gasteiger partial charge is 0.442 e. The zero-order valence-corrected chi connectivity index (χ0v) is 15.8. The summed E-state index contributed by atoms with van der Waals surface area (Å²) in [6, 6.07) is 7.72. The van der Waals surface area contributed by atoms with Crippen LogP contribution >= 0.6 is 15.9 Å². The number of cyclic esters (lactones) is 1. The van der Waals surface area contributed by atoms with Gasteiger partial charge in [-0.3, -0.25) is 4.90 Å². The van der Waals surface area contributed by atoms with Crippen LogP contribution in [0.4, 0.5) is 4.79 Å². The van der Waals surface area contributed by atoms with Gasteiger partial charge in [0.1, 0.15) is 5.60 Å². The molecule has 0 aromatic heterocycles. The summed E-state index contributed by atoms with van der Waals surface area (Å²) in [7, 11) is 0. The molecule has 1 unspecified atom stereocenters. The topological polar surface area (TPSA) is 49.8 Å². The predicted octanol–water partition coefficient (Wildman–Crippen LogP) is 4.57. The maximum Gasteiger partial charge on any atom is 0.414 e. The molecule has 24 heavy (non-hydrogen) atoms. The molecule has 3 rings (SSSR count). The monoisotopic (exact) mass is 393 g/mol. The minimum atomic E-state index is -0.853. The summed E-state index contributed by atoms with van der Waals surface area (Å²) in [6.07, 6.45) is 2.98. The van der Waals surface area contributed by atoms with Crippen LogP contribution in [-0.4, -0.2) is 33.8 Å². The molecule has 2 aliphatic rings. The van der Waals surface area contributed by atoms with Crippen LogP contribution in [0.5, 0.6) is 0 Å². The average molecular weight is 394 g/mol. The molecule has 1 N–H and O–H groups in total. The van der Waals surface area contributed by atoms with E-state index in [1.165, 1.54) is 0 Å². The Morgan fingerprint density at radius 1 is 1.42 bits per heavy atom. The van der Waals surface area contributed by atoms with E-state index in [-0.39, 0.29) is 6.09 Å². The minimum Gasteiger partial charge on any atom is -0.442 e. The van der Waals surface area contributed by atoms with E-state index in [1.54, 1.807) is 18.7 Å². The minimum absolute atomic E-state index is 0.356. The van der Waals surface area contributed by atoms with E-state index in [9.17, 15) is 9.90 Å². The van der Waals surface area contributed by atoms with Crippen LogP contribution in [0, 0.1) is 5.92 Å². The maximum atomic E-state index is 12.7. The molecule has 130 valence electrons. The van der Waals surface area contributed by atoms with Gasteiger partial charge >= 0.3 is 6.09 Å². The van der Waals surface area contributed by atoms with Crippen LogP contribution in [0.3, 0.4) is 0 Å². The molecule has 1 aromatic rings. The summed E-state index contributed by atoms with van der Waals surface area (Å²) in [5.41, 5.74) is 0.163. The number of hydrogen-bond donors (Lipinski definition) is 1. The number of carbonyl (C=O) groups is 1. The van der Waals surface area contributed by atoms with E-state index in [4.69, 9.17) is 4.74 Å². The van der Waals surface area contributed by atoms with Crippen LogP contribution in [0.25, 0.3) is 5.70 Å². The number of carbonyl (C=O) groups excluding carboxylic acids is 1. The third-order valence-electron chi connectivity index (χ3n) is 4.83. The van der Waals surface area contributed by atoms with Gasteiger partial charge in [-0.25, -0.2) is 4.79 Å². The van der Waals surface area contributed by atoms with Crippen molar-refractivity contribution < 1.29 is 14.6 Å². The molecule has 1 aliphatic heterocycles. The molecule has 1 aromatic carbocycles. The highest BCUT2D eigenvalue weighted by Gasteiger charge is 2.53. The molecule has 1 atom stereocenters. The molecular formula is C19H24BrNO3. The second-order valence-electron chi connectivity index (χ2n) is 7.55. The van der Waals surface area contributed by atoms with Gasteiger partial charge < -0.3 is 9.84 Å². The van der Waals surface area contributed by atoms with Gasteiger partial charge in [-0.2, -0.15) is 0 Å². The van der Waals surface area contributed by atoms with E-state index in [1.807, 2.05) is 24.3 Å². The van der Waals surface area contributed by atoms with E-state index in [0.717, 1.165) is 29.3 Å². The number of hydrogen-bond acceptors (Lipinski definition) is 3. The van der Waals surface area contributed by atoms with Gasteiger partial charge in [0, 0.05) is 29.6 Å². The summed E-state index contributed by atoms with van der Waals surface area (Å²) in [6.45, 7) is 8.19. The van der Waals surface area contributed by atoms with Crippen molar-refractivity contribution in [1.82, 2.24) is 4.90 Å². The van der Waals surface area contributed by atoms with E-state index >= 15 is 0 Å². The molecule has 0 spiro atoms. The molecule has 4 nitrogen and oxygen atoms in total. The fourth-order valence-electron chi connectivity index (χ4n) is 3.61. The first kappa shape index (κ1) is 17.5. The van der Waals surface area contributed by atoms with Crippen LogP contribution in [0.1, 0.15) is 45.1 Å². The van der Waals surface area contributed by atoms with Crippen molar-refractivity contribution in [3.05, 3.63) is 40.9 Å². The Balaban J connectivity index is 1.75. The second kappa shape index (κ2) is 6.19. The first-order chi connectivity index (χ1) is 11.2. The Morgan fingerprint density at radius 3 is 2.54 bits per heavy atom. The third kappa shape index (κ3) is 3.67. The number of amides is 1. The third-order valence-corrected chi connectivity index (χ3v) is 5.35. The SMILES string of the molecule is C=C(c1ccc(Br)cc1)N1CCC(CC(C)(C)O)(C2CC2)OC1=O. The Hall–Kier alpha value is -1.33. The van der Waals surface area contributed by atoms with Gasteiger partial charge in [-0.05, 0) is 50.3 Å². The van der Waals surface area contributed by atoms with Gasteiger partial charge in [-0.1, -0.05) is 34.6 Å². The fourth-order valence-corrected chi connectivity index (χ4v) is 3.88. The molecule has 2 fully saturated rings. The lowest BCUT2D eigenvalue weighted by Gasteiger charge is -2.44. The van der Waals surface area contributed by atoms with E-state index in [0.29, 0.717) is 24.6 Å². The Labute approximate surface area is 151 Å². The molecule has 1 saturated carbocycles. The van der Waals surface area contributed by atoms with Crippen molar-refractivity contribution in [3.8, 4) is 0 Å². The quantitative estimate of drug-likeness (QED) is 0.796. The summed E-state index contributed by atoms with van der Waals surface area (Å²) < 4.78 is 6.89. The van der Waals surface area contributed by atoms with Crippen LogP contribution in [-0.2, 0) is 4.74 Å². The smallest absolute Gasteiger partial charge is 0.414 e. The van der Waals surface area contributed by atoms with Crippen molar-refractivity contribution in [2.45, 2.75) is 50.7 Å². The summed E-state index contributed by atoms with van der Waals surface area (Å²) in [4.78, 5) is 14.3. The highest BCUT2D eigenvalue weighted by molar-refractivity contribution is 9.10. The standard InChI is InChI=1S/C19H24BrNO3/c1-13(14-4-8-16(20)9-5-14)21-11-10-19(15-6-7-15,24-17(21)22)12-18(2,3)23/h4-5,8-9,15,23H,1,6-7,10-12H2,2-3H3. The van der Waals surface area contributed by atoms with E-state index in [2.05, 4.69) is 22.5 Å². The lowest BCUT2D eigenvalue weighted by molar-refractivity contribution is -0.0963. The van der Waals surface area contributed by atoms with Crippen LogP contribution < -0.4 is 0 Å². The van der Waals surface area contributed by atoms with Crippen molar-refractivity contribution in [1.29, 1.82) is 0 Å². The number of rotatable bonds is 5. The van der Waals surface area contributed by atoms with Gasteiger partial charge in [-0.15, -0.1) is 0 Å². The van der Waals surface area contributed by atoms with Crippen molar-refractivity contribution in [2.24, 2.45) is 5.92 Å². The average Bonchev–Trinajstić information content (AvgIpc) is 3.31. The number of halogens is 1. The Morgan fingerprint density at radius 2 is 2.04 bits per heavy atom. The summed E-state index contributed by atoms with van der Waals surface area (Å²) in [5.74, 6) is 0.371. The molecule has 1 aliphatic carbocycles. The van der Waals surface area contributed by atoms with Crippen LogP contribution in [0.2, 0.25) is 0 Å². The highest BCUT2D eigenvalue weighted by atomic mass is 79.9. The zero-order chi connectivity index (χ0) is 17.5. The first-order valence-corrected chi connectivity index (χ1v) is 9.17. The number of aliphatic hydroxyl groups is 1. The first-order valence-electron chi connectivity index (χ1n) is 8.38. The van der Waals surface area contributed by atoms with Crippen molar-refractivity contribution >= 4 is 27.7 Å². The van der Waals surface area contributed by atoms with Gasteiger partial charge in [0.2, 0.25) is 0 Å². The Kier molecular flexibility index (Phi) is 4.51. The van der Waals surface area contributed by atoms with Crippen LogP contribution in [0.15, 0.2) is 35.3 Å². The lowest BCUT2D eigenvalue weighted by atomic mass is 9.81.